The summed E-state index contributed by atoms with van der Waals surface area (Å²) in [6.07, 6.45) is 2.70. The average molecular weight is 685 g/mol. The maximum Gasteiger partial charge on any atom is 0.248 e. The Morgan fingerprint density at radius 2 is 0.647 bits per heavy atom. The Bertz CT molecular complexity index is 1960. The van der Waals surface area contributed by atoms with Gasteiger partial charge in [0.15, 0.2) is 0 Å². The Kier molecular flexibility index (Phi) is 10.1. The summed E-state index contributed by atoms with van der Waals surface area (Å²) in [6, 6.07) is 28.2. The molecule has 0 aliphatic carbocycles. The van der Waals surface area contributed by atoms with Gasteiger partial charge in [0.1, 0.15) is 17.2 Å². The average Bonchev–Trinajstić information content (AvgIpc) is 3.98. The van der Waals surface area contributed by atoms with E-state index in [0.29, 0.717) is 54.2 Å². The summed E-state index contributed by atoms with van der Waals surface area (Å²) in [5, 5.41) is 26.1. The molecule has 0 saturated heterocycles. The van der Waals surface area contributed by atoms with Crippen molar-refractivity contribution >= 4 is 0 Å². The lowest BCUT2D eigenvalue weighted by Crippen LogP contribution is -1.94. The Morgan fingerprint density at radius 1 is 0.373 bits per heavy atom. The maximum absolute atomic E-state index is 6.20. The molecule has 7 aromatic rings. The molecule has 51 heavy (non-hydrogen) atoms. The lowest BCUT2D eigenvalue weighted by Gasteiger charge is -2.05. The van der Waals surface area contributed by atoms with E-state index in [4.69, 9.17) is 27.5 Å². The highest BCUT2D eigenvalue weighted by Crippen LogP contribution is 2.35. The monoisotopic (exact) mass is 684 g/mol. The number of benzene rings is 4. The molecule has 0 unspecified atom stereocenters. The van der Waals surface area contributed by atoms with Gasteiger partial charge in [-0.25, -0.2) is 0 Å². The minimum atomic E-state index is 0.272. The molecule has 0 fully saturated rings. The molecule has 0 spiro atoms. The van der Waals surface area contributed by atoms with Crippen molar-refractivity contribution in [1.82, 2.24) is 30.6 Å². The predicted octanol–water partition coefficient (Wildman–Crippen LogP) is 9.20. The van der Waals surface area contributed by atoms with Crippen LogP contribution in [0.5, 0.6) is 17.2 Å². The van der Waals surface area contributed by atoms with Crippen molar-refractivity contribution in [3.63, 3.8) is 0 Å². The highest BCUT2D eigenvalue weighted by atomic mass is 16.5. The zero-order chi connectivity index (χ0) is 35.0. The van der Waals surface area contributed by atoms with Crippen molar-refractivity contribution in [2.24, 2.45) is 0 Å². The van der Waals surface area contributed by atoms with Crippen LogP contribution in [-0.2, 0) is 0 Å². The zero-order valence-corrected chi connectivity index (χ0v) is 28.5. The second-order valence-electron chi connectivity index (χ2n) is 11.7. The van der Waals surface area contributed by atoms with Crippen LogP contribution in [0.4, 0.5) is 0 Å². The van der Waals surface area contributed by atoms with Gasteiger partial charge in [-0.2, -0.15) is 0 Å². The van der Waals surface area contributed by atoms with E-state index in [0.717, 1.165) is 53.2 Å². The van der Waals surface area contributed by atoms with Crippen LogP contribution >= 0.6 is 0 Å². The summed E-state index contributed by atoms with van der Waals surface area (Å²) in [6.45, 7) is 8.01. The van der Waals surface area contributed by atoms with Crippen LogP contribution in [0.15, 0.2) is 104 Å². The standard InChI is InChI=1S/C39H36N6O6/c1-4-16-46-31-13-7-10-25(22-31)34-40-43-37(49-34)28-19-29(38-44-41-35(50-38)26-11-8-14-32(23-26)47-17-5-2)21-30(20-28)39-45-42-36(51-39)27-12-9-15-33(24-27)48-18-6-3/h7-15,19-24H,4-6,16-18H2,1-3H3. The first-order valence-electron chi connectivity index (χ1n) is 17.0. The summed E-state index contributed by atoms with van der Waals surface area (Å²) in [7, 11) is 0. The largest absolute Gasteiger partial charge is 0.494 e. The number of aromatic nitrogens is 6. The fraction of sp³-hybridized carbons (Fsp3) is 0.231. The van der Waals surface area contributed by atoms with E-state index in [2.05, 4.69) is 51.4 Å². The van der Waals surface area contributed by atoms with Crippen LogP contribution in [-0.4, -0.2) is 50.4 Å². The van der Waals surface area contributed by atoms with E-state index in [9.17, 15) is 0 Å². The molecule has 0 aliphatic heterocycles. The molecule has 3 heterocycles. The van der Waals surface area contributed by atoms with Crippen LogP contribution in [0.2, 0.25) is 0 Å². The molecule has 12 nitrogen and oxygen atoms in total. The normalized spacial score (nSPS) is 11.1. The summed E-state index contributed by atoms with van der Waals surface area (Å²) in [5.74, 6) is 4.02. The van der Waals surface area contributed by atoms with Crippen LogP contribution in [0.1, 0.15) is 40.0 Å². The second-order valence-corrected chi connectivity index (χ2v) is 11.7. The first-order valence-corrected chi connectivity index (χ1v) is 17.0. The van der Waals surface area contributed by atoms with Crippen molar-refractivity contribution in [1.29, 1.82) is 0 Å². The number of ether oxygens (including phenoxy) is 3. The van der Waals surface area contributed by atoms with E-state index in [1.54, 1.807) is 0 Å². The second kappa shape index (κ2) is 15.5. The first kappa shape index (κ1) is 33.2. The molecule has 0 atom stereocenters. The predicted molar refractivity (Wildman–Crippen MR) is 190 cm³/mol. The van der Waals surface area contributed by atoms with Crippen LogP contribution in [0.25, 0.3) is 68.7 Å². The Hall–Kier alpha value is -6.30. The van der Waals surface area contributed by atoms with E-state index in [1.807, 2.05) is 91.0 Å². The van der Waals surface area contributed by atoms with Gasteiger partial charge >= 0.3 is 0 Å². The van der Waals surface area contributed by atoms with Crippen molar-refractivity contribution in [2.75, 3.05) is 19.8 Å². The minimum Gasteiger partial charge on any atom is -0.494 e. The highest BCUT2D eigenvalue weighted by molar-refractivity contribution is 5.75. The highest BCUT2D eigenvalue weighted by Gasteiger charge is 2.20. The fourth-order valence-electron chi connectivity index (χ4n) is 5.18. The topological polar surface area (TPSA) is 144 Å². The van der Waals surface area contributed by atoms with Crippen LogP contribution < -0.4 is 14.2 Å². The molecule has 258 valence electrons. The van der Waals surface area contributed by atoms with E-state index in [1.165, 1.54) is 0 Å². The summed E-state index contributed by atoms with van der Waals surface area (Å²) in [5.41, 5.74) is 3.96. The van der Waals surface area contributed by atoms with E-state index >= 15 is 0 Å². The van der Waals surface area contributed by atoms with Crippen molar-refractivity contribution in [2.45, 2.75) is 40.0 Å². The molecule has 3 aromatic heterocycles. The fourth-order valence-corrected chi connectivity index (χ4v) is 5.18. The maximum atomic E-state index is 6.20. The smallest absolute Gasteiger partial charge is 0.248 e. The van der Waals surface area contributed by atoms with Gasteiger partial charge in [0.2, 0.25) is 35.3 Å². The zero-order valence-electron chi connectivity index (χ0n) is 28.5. The SMILES string of the molecule is CCCOc1cccc(-c2nnc(-c3cc(-c4nnc(-c5cccc(OCCC)c5)o4)cc(-c4nnc(-c5cccc(OCCC)c5)o4)c3)o2)c1. The molecule has 0 saturated carbocycles. The number of nitrogens with zero attached hydrogens (tertiary/aromatic N) is 6. The molecule has 0 amide bonds. The third kappa shape index (κ3) is 7.80. The minimum absolute atomic E-state index is 0.272. The van der Waals surface area contributed by atoms with Gasteiger partial charge in [-0.15, -0.1) is 30.6 Å². The van der Waals surface area contributed by atoms with Crippen molar-refractivity contribution in [3.8, 4) is 86.0 Å². The quantitative estimate of drug-likeness (QED) is 0.101. The van der Waals surface area contributed by atoms with Gasteiger partial charge in [-0.3, -0.25) is 0 Å². The summed E-state index contributed by atoms with van der Waals surface area (Å²) >= 11 is 0. The Labute approximate surface area is 294 Å². The summed E-state index contributed by atoms with van der Waals surface area (Å²) < 4.78 is 36.0. The number of hydrogen-bond donors (Lipinski definition) is 0. The number of hydrogen-bond acceptors (Lipinski definition) is 12. The third-order valence-electron chi connectivity index (χ3n) is 7.61. The van der Waals surface area contributed by atoms with E-state index < -0.39 is 0 Å². The first-order chi connectivity index (χ1) is 25.1. The molecule has 0 N–H and O–H groups in total. The Balaban J connectivity index is 1.25. The molecule has 7 rings (SSSR count). The molecule has 12 heteroatoms. The lowest BCUT2D eigenvalue weighted by atomic mass is 10.1. The number of rotatable bonds is 15. The van der Waals surface area contributed by atoms with Gasteiger partial charge in [0.05, 0.1) is 19.8 Å². The third-order valence-corrected chi connectivity index (χ3v) is 7.61. The van der Waals surface area contributed by atoms with Crippen LogP contribution in [0, 0.1) is 0 Å². The van der Waals surface area contributed by atoms with Crippen molar-refractivity contribution in [3.05, 3.63) is 91.0 Å². The summed E-state index contributed by atoms with van der Waals surface area (Å²) in [4.78, 5) is 0. The van der Waals surface area contributed by atoms with Crippen LogP contribution in [0.3, 0.4) is 0 Å². The lowest BCUT2D eigenvalue weighted by molar-refractivity contribution is 0.317. The molecular formula is C39H36N6O6. The molecule has 4 aromatic carbocycles. The molecule has 0 aliphatic rings. The molecular weight excluding hydrogens is 648 g/mol. The van der Waals surface area contributed by atoms with Gasteiger partial charge < -0.3 is 27.5 Å². The van der Waals surface area contributed by atoms with Gasteiger partial charge in [-0.05, 0) is 92.1 Å². The van der Waals surface area contributed by atoms with Gasteiger partial charge in [0, 0.05) is 33.4 Å². The molecule has 0 radical (unpaired) electrons. The van der Waals surface area contributed by atoms with Crippen molar-refractivity contribution < 1.29 is 27.5 Å². The van der Waals surface area contributed by atoms with Gasteiger partial charge in [-0.1, -0.05) is 39.0 Å². The molecule has 0 bridgehead atoms. The van der Waals surface area contributed by atoms with Gasteiger partial charge in [0.25, 0.3) is 0 Å². The van der Waals surface area contributed by atoms with E-state index in [-0.39, 0.29) is 17.7 Å². The Morgan fingerprint density at radius 3 is 0.922 bits per heavy atom.